The fraction of sp³-hybridized carbons (Fsp3) is 0.545. The lowest BCUT2D eigenvalue weighted by Crippen LogP contribution is -1.88. The van der Waals surface area contributed by atoms with E-state index in [9.17, 15) is 0 Å². The van der Waals surface area contributed by atoms with Gasteiger partial charge in [0.2, 0.25) is 0 Å². The molecule has 0 aromatic heterocycles. The summed E-state index contributed by atoms with van der Waals surface area (Å²) in [6.07, 6.45) is 15.4. The van der Waals surface area contributed by atoms with E-state index in [-0.39, 0.29) is 0 Å². The summed E-state index contributed by atoms with van der Waals surface area (Å²) in [5.74, 6) is 0. The zero-order valence-electron chi connectivity index (χ0n) is 16.1. The molecule has 2 rings (SSSR count). The molecule has 0 aliphatic rings. The Hall–Kier alpha value is -1.28. The molecule has 0 bridgehead atoms. The van der Waals surface area contributed by atoms with Crippen molar-refractivity contribution in [3.05, 3.63) is 48.0 Å². The van der Waals surface area contributed by atoms with Crippen molar-refractivity contribution >= 4 is 19.0 Å². The van der Waals surface area contributed by atoms with E-state index in [4.69, 9.17) is 14.4 Å². The Bertz CT molecular complexity index is 618. The highest BCUT2D eigenvalue weighted by molar-refractivity contribution is 7.30. The van der Waals surface area contributed by atoms with Crippen LogP contribution in [0.2, 0.25) is 0 Å². The Balaban J connectivity index is 0.000000765. The molecule has 0 spiro atoms. The fourth-order valence-corrected chi connectivity index (χ4v) is 3.31. The molecule has 0 heterocycles. The molecule has 26 heavy (non-hydrogen) atoms. The lowest BCUT2D eigenvalue weighted by atomic mass is 9.99. The molecule has 0 saturated heterocycles. The van der Waals surface area contributed by atoms with Gasteiger partial charge in [0.1, 0.15) is 0 Å². The van der Waals surface area contributed by atoms with Gasteiger partial charge < -0.3 is 0 Å². The quantitative estimate of drug-likeness (QED) is 0.330. The molecule has 0 atom stereocenters. The lowest BCUT2D eigenvalue weighted by Gasteiger charge is -2.06. The van der Waals surface area contributed by atoms with Gasteiger partial charge >= 0.3 is 8.25 Å². The van der Waals surface area contributed by atoms with E-state index in [2.05, 4.69) is 49.4 Å². The van der Waals surface area contributed by atoms with Crippen molar-refractivity contribution in [1.82, 2.24) is 0 Å². The van der Waals surface area contributed by atoms with Crippen LogP contribution in [0, 0.1) is 0 Å². The zero-order valence-corrected chi connectivity index (χ0v) is 17.0. The molecule has 4 heteroatoms. The third kappa shape index (κ3) is 10.7. The molecular weight excluding hydrogens is 343 g/mol. The van der Waals surface area contributed by atoms with E-state index in [1.54, 1.807) is 0 Å². The van der Waals surface area contributed by atoms with Gasteiger partial charge in [-0.05, 0) is 29.2 Å². The van der Waals surface area contributed by atoms with Crippen LogP contribution < -0.4 is 0 Å². The van der Waals surface area contributed by atoms with E-state index in [1.807, 2.05) is 0 Å². The van der Waals surface area contributed by atoms with Crippen molar-refractivity contribution < 1.29 is 14.4 Å². The Labute approximate surface area is 159 Å². The number of unbranched alkanes of at least 4 members (excludes halogenated alkanes) is 9. The van der Waals surface area contributed by atoms with Gasteiger partial charge in [-0.2, -0.15) is 0 Å². The maximum absolute atomic E-state index is 8.70. The van der Waals surface area contributed by atoms with Gasteiger partial charge in [-0.1, -0.05) is 107 Å². The van der Waals surface area contributed by atoms with Crippen molar-refractivity contribution in [2.24, 2.45) is 0 Å². The molecule has 0 saturated carbocycles. The normalized spacial score (nSPS) is 10.4. The summed E-state index contributed by atoms with van der Waals surface area (Å²) in [7, 11) is -2.87. The predicted molar refractivity (Wildman–Crippen MR) is 112 cm³/mol. The average molecular weight is 377 g/mol. The number of aryl methyl sites for hydroxylation is 1. The largest absolute Gasteiger partial charge is 0.692 e. The predicted octanol–water partition coefficient (Wildman–Crippen LogP) is 6.93. The smallest absolute Gasteiger partial charge is 0.134 e. The minimum atomic E-state index is -2.87. The maximum Gasteiger partial charge on any atom is 0.692 e. The molecule has 2 aromatic rings. The van der Waals surface area contributed by atoms with Crippen LogP contribution in [-0.4, -0.2) is 9.79 Å². The minimum Gasteiger partial charge on any atom is -0.134 e. The number of hydrogen-bond donors (Lipinski definition) is 2. The van der Waals surface area contributed by atoms with Crippen LogP contribution in [-0.2, 0) is 11.0 Å². The van der Waals surface area contributed by atoms with Gasteiger partial charge in [-0.3, -0.25) is 0 Å². The lowest BCUT2D eigenvalue weighted by molar-refractivity contribution is 0.405. The first-order chi connectivity index (χ1) is 12.6. The highest BCUT2D eigenvalue weighted by atomic mass is 31.1. The van der Waals surface area contributed by atoms with Gasteiger partial charge in [-0.15, -0.1) is 9.79 Å². The number of hydrogen-bond acceptors (Lipinski definition) is 1. The van der Waals surface area contributed by atoms with Crippen LogP contribution in [0.4, 0.5) is 0 Å². The Morgan fingerprint density at radius 1 is 0.731 bits per heavy atom. The van der Waals surface area contributed by atoms with Crippen LogP contribution in [0.1, 0.15) is 76.7 Å². The number of benzene rings is 2. The van der Waals surface area contributed by atoms with Crippen LogP contribution in [0.25, 0.3) is 10.8 Å². The van der Waals surface area contributed by atoms with E-state index in [0.717, 1.165) is 0 Å². The molecule has 2 aromatic carbocycles. The van der Waals surface area contributed by atoms with Crippen LogP contribution in [0.5, 0.6) is 0 Å². The van der Waals surface area contributed by atoms with Gasteiger partial charge in [0.25, 0.3) is 0 Å². The van der Waals surface area contributed by atoms with E-state index < -0.39 is 8.25 Å². The zero-order chi connectivity index (χ0) is 19.0. The summed E-state index contributed by atoms with van der Waals surface area (Å²) < 4.78 is 8.70. The standard InChI is InChI=1S/C22H32.HO3P/c1-2-3-4-5-6-7-8-9-10-11-15-20-17-14-18-21-16-12-13-19-22(20)21;1-4(2)3/h12-14,16-19H,2-11,15H2,1H3;(H-,1,2,3)/p+1. The Morgan fingerprint density at radius 3 is 1.85 bits per heavy atom. The van der Waals surface area contributed by atoms with Crippen molar-refractivity contribution in [3.8, 4) is 0 Å². The molecular formula is C22H34O3P+. The third-order valence-electron chi connectivity index (χ3n) is 4.68. The van der Waals surface area contributed by atoms with Gasteiger partial charge in [0.15, 0.2) is 0 Å². The molecule has 0 radical (unpaired) electrons. The SMILES string of the molecule is CCCCCCCCCCCCc1cccc2ccccc12.O=[P+](O)O. The van der Waals surface area contributed by atoms with Crippen molar-refractivity contribution in [2.45, 2.75) is 77.6 Å². The first-order valence-electron chi connectivity index (χ1n) is 9.96. The fourth-order valence-electron chi connectivity index (χ4n) is 3.31. The average Bonchev–Trinajstić information content (AvgIpc) is 2.63. The Morgan fingerprint density at radius 2 is 1.23 bits per heavy atom. The summed E-state index contributed by atoms with van der Waals surface area (Å²) in [6, 6.07) is 15.5. The molecule has 0 amide bonds. The van der Waals surface area contributed by atoms with Crippen molar-refractivity contribution in [2.75, 3.05) is 0 Å². The summed E-state index contributed by atoms with van der Waals surface area (Å²) >= 11 is 0. The van der Waals surface area contributed by atoms with Crippen LogP contribution >= 0.6 is 8.25 Å². The number of fused-ring (bicyclic) bond motifs is 1. The first-order valence-corrected chi connectivity index (χ1v) is 11.1. The summed E-state index contributed by atoms with van der Waals surface area (Å²) in [4.78, 5) is 14.2. The highest BCUT2D eigenvalue weighted by Gasteiger charge is 2.00. The third-order valence-corrected chi connectivity index (χ3v) is 4.68. The van der Waals surface area contributed by atoms with Gasteiger partial charge in [-0.25, -0.2) is 0 Å². The van der Waals surface area contributed by atoms with Gasteiger partial charge in [0.05, 0.1) is 0 Å². The molecule has 0 aliphatic heterocycles. The second-order valence-corrected chi connectivity index (χ2v) is 7.33. The molecule has 144 valence electrons. The highest BCUT2D eigenvalue weighted by Crippen LogP contribution is 2.20. The molecule has 3 nitrogen and oxygen atoms in total. The summed E-state index contributed by atoms with van der Waals surface area (Å²) in [6.45, 7) is 2.29. The van der Waals surface area contributed by atoms with E-state index in [0.29, 0.717) is 0 Å². The molecule has 0 fully saturated rings. The number of rotatable bonds is 11. The summed E-state index contributed by atoms with van der Waals surface area (Å²) in [5.41, 5.74) is 1.53. The second kappa shape index (κ2) is 14.8. The van der Waals surface area contributed by atoms with Crippen molar-refractivity contribution in [1.29, 1.82) is 0 Å². The van der Waals surface area contributed by atoms with Crippen LogP contribution in [0.3, 0.4) is 0 Å². The topological polar surface area (TPSA) is 57.5 Å². The van der Waals surface area contributed by atoms with E-state index >= 15 is 0 Å². The molecule has 0 aliphatic carbocycles. The Kier molecular flexibility index (Phi) is 13.0. The summed E-state index contributed by atoms with van der Waals surface area (Å²) in [5, 5.41) is 2.83. The molecule has 2 N–H and O–H groups in total. The van der Waals surface area contributed by atoms with E-state index in [1.165, 1.54) is 87.0 Å². The monoisotopic (exact) mass is 377 g/mol. The van der Waals surface area contributed by atoms with Gasteiger partial charge in [0, 0.05) is 4.57 Å². The first kappa shape index (κ1) is 22.8. The van der Waals surface area contributed by atoms with Crippen molar-refractivity contribution in [3.63, 3.8) is 0 Å². The van der Waals surface area contributed by atoms with Crippen LogP contribution in [0.15, 0.2) is 42.5 Å². The minimum absolute atomic E-state index is 1.23. The molecule has 0 unspecified atom stereocenters. The second-order valence-electron chi connectivity index (χ2n) is 6.82. The maximum atomic E-state index is 8.70.